The van der Waals surface area contributed by atoms with Gasteiger partial charge in [0.05, 0.1) is 18.4 Å². The van der Waals surface area contributed by atoms with Crippen LogP contribution in [0.4, 0.5) is 23.0 Å². The van der Waals surface area contributed by atoms with E-state index in [-0.39, 0.29) is 6.04 Å². The van der Waals surface area contributed by atoms with Crippen LogP contribution in [-0.4, -0.2) is 36.1 Å². The first-order chi connectivity index (χ1) is 11.0. The van der Waals surface area contributed by atoms with Crippen molar-refractivity contribution in [3.8, 4) is 0 Å². The van der Waals surface area contributed by atoms with Crippen LogP contribution in [-0.2, 0) is 4.74 Å². The average Bonchev–Trinajstić information content (AvgIpc) is 2.55. The summed E-state index contributed by atoms with van der Waals surface area (Å²) < 4.78 is 4.83. The molecule has 23 heavy (non-hydrogen) atoms. The Balaban J connectivity index is 2.46. The van der Waals surface area contributed by atoms with Gasteiger partial charge in [0, 0.05) is 13.1 Å². The van der Waals surface area contributed by atoms with Crippen LogP contribution in [0.5, 0.6) is 0 Å². The molecule has 2 aromatic rings. The van der Waals surface area contributed by atoms with Crippen LogP contribution in [0.3, 0.4) is 0 Å². The van der Waals surface area contributed by atoms with Crippen LogP contribution >= 0.6 is 0 Å². The van der Waals surface area contributed by atoms with Gasteiger partial charge in [0.15, 0.2) is 11.6 Å². The van der Waals surface area contributed by atoms with Crippen LogP contribution in [0.25, 0.3) is 0 Å². The molecule has 7 heteroatoms. The molecule has 0 spiro atoms. The first-order valence-electron chi connectivity index (χ1n) is 7.23. The zero-order valence-corrected chi connectivity index (χ0v) is 13.7. The van der Waals surface area contributed by atoms with Crippen LogP contribution in [0.1, 0.15) is 24.2 Å². The first-order valence-corrected chi connectivity index (χ1v) is 7.23. The predicted molar refractivity (Wildman–Crippen MR) is 91.0 cm³/mol. The Morgan fingerprint density at radius 1 is 1.30 bits per heavy atom. The molecule has 0 amide bonds. The summed E-state index contributed by atoms with van der Waals surface area (Å²) in [5, 5.41) is 3.17. The fraction of sp³-hybridized carbons (Fsp3) is 0.312. The third-order valence-electron chi connectivity index (χ3n) is 3.28. The summed E-state index contributed by atoms with van der Waals surface area (Å²) in [6, 6.07) is 7.31. The molecule has 0 saturated heterocycles. The van der Waals surface area contributed by atoms with Crippen LogP contribution in [0.2, 0.25) is 0 Å². The van der Waals surface area contributed by atoms with Gasteiger partial charge < -0.3 is 20.7 Å². The van der Waals surface area contributed by atoms with E-state index in [4.69, 9.17) is 10.5 Å². The summed E-state index contributed by atoms with van der Waals surface area (Å²) in [6.45, 7) is 4.00. The number of hydrogen-bond donors (Lipinski definition) is 2. The van der Waals surface area contributed by atoms with Gasteiger partial charge in [-0.25, -0.2) is 14.8 Å². The number of nitrogens with two attached hydrogens (primary N) is 1. The smallest absolute Gasteiger partial charge is 0.339 e. The summed E-state index contributed by atoms with van der Waals surface area (Å²) in [5.74, 6) is 0.660. The summed E-state index contributed by atoms with van der Waals surface area (Å²) in [7, 11) is 3.14. The highest BCUT2D eigenvalue weighted by Gasteiger charge is 2.19. The first kappa shape index (κ1) is 16.5. The molecule has 0 atom stereocenters. The maximum Gasteiger partial charge on any atom is 0.339 e. The van der Waals surface area contributed by atoms with E-state index < -0.39 is 5.97 Å². The number of rotatable bonds is 5. The van der Waals surface area contributed by atoms with Crippen molar-refractivity contribution >= 4 is 29.0 Å². The minimum atomic E-state index is -0.416. The lowest BCUT2D eigenvalue weighted by Gasteiger charge is -2.23. The van der Waals surface area contributed by atoms with Gasteiger partial charge in [-0.3, -0.25) is 0 Å². The molecule has 1 heterocycles. The molecule has 7 nitrogen and oxygen atoms in total. The topological polar surface area (TPSA) is 93.4 Å². The van der Waals surface area contributed by atoms with Crippen molar-refractivity contribution in [2.24, 2.45) is 0 Å². The Hall–Kier alpha value is -2.83. The summed E-state index contributed by atoms with van der Waals surface area (Å²) in [6.07, 6.45) is 1.44. The zero-order valence-electron chi connectivity index (χ0n) is 13.7. The number of methoxy groups -OCH3 is 1. The van der Waals surface area contributed by atoms with Crippen LogP contribution in [0.15, 0.2) is 30.6 Å². The Morgan fingerprint density at radius 2 is 2.00 bits per heavy atom. The van der Waals surface area contributed by atoms with Crippen molar-refractivity contribution in [3.63, 3.8) is 0 Å². The maximum atomic E-state index is 11.9. The van der Waals surface area contributed by atoms with E-state index in [0.29, 0.717) is 28.6 Å². The Kier molecular flexibility index (Phi) is 5.00. The van der Waals surface area contributed by atoms with E-state index in [0.717, 1.165) is 0 Å². The number of esters is 1. The van der Waals surface area contributed by atoms with Crippen LogP contribution in [0, 0.1) is 0 Å². The minimum Gasteiger partial charge on any atom is -0.465 e. The summed E-state index contributed by atoms with van der Waals surface area (Å²) >= 11 is 0. The van der Waals surface area contributed by atoms with E-state index in [1.165, 1.54) is 13.4 Å². The number of aromatic nitrogens is 2. The highest BCUT2D eigenvalue weighted by Crippen LogP contribution is 2.32. The summed E-state index contributed by atoms with van der Waals surface area (Å²) in [5.41, 5.74) is 7.69. The zero-order chi connectivity index (χ0) is 17.0. The van der Waals surface area contributed by atoms with Gasteiger partial charge in [0.25, 0.3) is 0 Å². The lowest BCUT2D eigenvalue weighted by atomic mass is 10.1. The molecular formula is C16H21N5O2. The van der Waals surface area contributed by atoms with Crippen molar-refractivity contribution in [2.45, 2.75) is 19.9 Å². The molecule has 3 N–H and O–H groups in total. The number of ether oxygens (including phenoxy) is 1. The van der Waals surface area contributed by atoms with Gasteiger partial charge in [-0.2, -0.15) is 0 Å². The van der Waals surface area contributed by atoms with Gasteiger partial charge in [-0.05, 0) is 26.0 Å². The third kappa shape index (κ3) is 3.50. The van der Waals surface area contributed by atoms with Gasteiger partial charge in [0.2, 0.25) is 0 Å². The lowest BCUT2D eigenvalue weighted by molar-refractivity contribution is 0.0601. The normalized spacial score (nSPS) is 10.5. The Morgan fingerprint density at radius 3 is 2.65 bits per heavy atom. The molecule has 0 aliphatic rings. The second-order valence-electron chi connectivity index (χ2n) is 5.33. The lowest BCUT2D eigenvalue weighted by Crippen LogP contribution is -2.20. The van der Waals surface area contributed by atoms with E-state index in [2.05, 4.69) is 15.3 Å². The number of nitrogen functional groups attached to an aromatic ring is 1. The second-order valence-corrected chi connectivity index (χ2v) is 5.33. The number of carbonyl (C=O) groups excluding carboxylic acids is 1. The fourth-order valence-corrected chi connectivity index (χ4v) is 2.20. The fourth-order valence-electron chi connectivity index (χ4n) is 2.20. The van der Waals surface area contributed by atoms with Crippen molar-refractivity contribution in [2.75, 3.05) is 30.1 Å². The standard InChI is InChI=1S/C16H21N5O2/c1-10(2)20-14-13(17)15(19-9-18-14)21(3)12-8-6-5-7-11(12)16(22)23-4/h5-10H,17H2,1-4H3,(H,18,19,20). The maximum absolute atomic E-state index is 11.9. The minimum absolute atomic E-state index is 0.188. The molecular weight excluding hydrogens is 294 g/mol. The molecule has 122 valence electrons. The van der Waals surface area contributed by atoms with Crippen molar-refractivity contribution in [1.29, 1.82) is 0 Å². The molecule has 1 aromatic carbocycles. The molecule has 0 saturated carbocycles. The number of benzene rings is 1. The van der Waals surface area contributed by atoms with Crippen molar-refractivity contribution in [1.82, 2.24) is 9.97 Å². The molecule has 0 aliphatic carbocycles. The highest BCUT2D eigenvalue weighted by molar-refractivity contribution is 5.97. The number of carbonyl (C=O) groups is 1. The van der Waals surface area contributed by atoms with E-state index in [1.807, 2.05) is 26.0 Å². The monoisotopic (exact) mass is 315 g/mol. The molecule has 0 aliphatic heterocycles. The van der Waals surface area contributed by atoms with Gasteiger partial charge in [0.1, 0.15) is 12.0 Å². The largest absolute Gasteiger partial charge is 0.465 e. The SMILES string of the molecule is COC(=O)c1ccccc1N(C)c1ncnc(NC(C)C)c1N. The number of para-hydroxylation sites is 1. The Labute approximate surface area is 135 Å². The van der Waals surface area contributed by atoms with Gasteiger partial charge >= 0.3 is 5.97 Å². The van der Waals surface area contributed by atoms with E-state index >= 15 is 0 Å². The van der Waals surface area contributed by atoms with Gasteiger partial charge in [-0.1, -0.05) is 12.1 Å². The van der Waals surface area contributed by atoms with E-state index in [9.17, 15) is 4.79 Å². The molecule has 1 aromatic heterocycles. The number of hydrogen-bond acceptors (Lipinski definition) is 7. The predicted octanol–water partition coefficient (Wildman–Crippen LogP) is 2.43. The second kappa shape index (κ2) is 6.95. The van der Waals surface area contributed by atoms with Crippen molar-refractivity contribution < 1.29 is 9.53 Å². The average molecular weight is 315 g/mol. The van der Waals surface area contributed by atoms with E-state index in [1.54, 1.807) is 24.1 Å². The summed E-state index contributed by atoms with van der Waals surface area (Å²) in [4.78, 5) is 22.1. The third-order valence-corrected chi connectivity index (χ3v) is 3.28. The molecule has 0 fully saturated rings. The Bertz CT molecular complexity index is 703. The molecule has 0 bridgehead atoms. The van der Waals surface area contributed by atoms with Crippen LogP contribution < -0.4 is 16.0 Å². The molecule has 2 rings (SSSR count). The number of nitrogens with one attached hydrogen (secondary N) is 1. The molecule has 0 radical (unpaired) electrons. The quantitative estimate of drug-likeness (QED) is 0.818. The molecule has 0 unspecified atom stereocenters. The highest BCUT2D eigenvalue weighted by atomic mass is 16.5. The number of nitrogens with zero attached hydrogens (tertiary/aromatic N) is 3. The van der Waals surface area contributed by atoms with Crippen molar-refractivity contribution in [3.05, 3.63) is 36.2 Å². The van der Waals surface area contributed by atoms with Gasteiger partial charge in [-0.15, -0.1) is 0 Å². The number of anilines is 4.